The van der Waals surface area contributed by atoms with Crippen LogP contribution in [-0.2, 0) is 10.0 Å². The van der Waals surface area contributed by atoms with Gasteiger partial charge in [0.05, 0.1) is 10.6 Å². The Bertz CT molecular complexity index is 1060. The summed E-state index contributed by atoms with van der Waals surface area (Å²) in [6.45, 7) is 1.64. The van der Waals surface area contributed by atoms with E-state index < -0.39 is 21.7 Å². The number of sulfonamides is 1. The minimum Gasteiger partial charge on any atom is -0.361 e. The number of anilines is 2. The van der Waals surface area contributed by atoms with Gasteiger partial charge >= 0.3 is 0 Å². The fourth-order valence-electron chi connectivity index (χ4n) is 2.16. The van der Waals surface area contributed by atoms with Crippen molar-refractivity contribution >= 4 is 27.3 Å². The SMILES string of the molecule is Cc1cc(C(=O)Nc2cccc(S(=O)(=O)Nc3ccccc3F)c2)no1. The molecule has 0 radical (unpaired) electrons. The average molecular weight is 375 g/mol. The molecule has 9 heteroatoms. The van der Waals surface area contributed by atoms with Crippen molar-refractivity contribution in [1.29, 1.82) is 0 Å². The lowest BCUT2D eigenvalue weighted by Crippen LogP contribution is -2.15. The number of benzene rings is 2. The second-order valence-corrected chi connectivity index (χ2v) is 7.07. The summed E-state index contributed by atoms with van der Waals surface area (Å²) in [6.07, 6.45) is 0. The lowest BCUT2D eigenvalue weighted by atomic mass is 10.3. The summed E-state index contributed by atoms with van der Waals surface area (Å²) in [5.41, 5.74) is 0.146. The molecule has 0 saturated carbocycles. The van der Waals surface area contributed by atoms with Crippen molar-refractivity contribution < 1.29 is 22.1 Å². The number of para-hydroxylation sites is 1. The molecule has 0 atom stereocenters. The van der Waals surface area contributed by atoms with Gasteiger partial charge in [0.2, 0.25) is 0 Å². The molecule has 1 amide bonds. The normalized spacial score (nSPS) is 11.2. The highest BCUT2D eigenvalue weighted by atomic mass is 32.2. The number of carbonyl (C=O) groups excluding carboxylic acids is 1. The van der Waals surface area contributed by atoms with E-state index in [9.17, 15) is 17.6 Å². The molecule has 0 spiro atoms. The Labute approximate surface area is 148 Å². The minimum atomic E-state index is -4.03. The number of nitrogens with zero attached hydrogens (tertiary/aromatic N) is 1. The Morgan fingerprint density at radius 2 is 1.88 bits per heavy atom. The molecule has 1 aromatic heterocycles. The number of aryl methyl sites for hydroxylation is 1. The number of aromatic nitrogens is 1. The van der Waals surface area contributed by atoms with Gasteiger partial charge in [-0.15, -0.1) is 0 Å². The Hall–Kier alpha value is -3.20. The summed E-state index contributed by atoms with van der Waals surface area (Å²) in [5.74, 6) is -0.763. The smallest absolute Gasteiger partial charge is 0.277 e. The molecular weight excluding hydrogens is 361 g/mol. The van der Waals surface area contributed by atoms with Crippen molar-refractivity contribution in [2.75, 3.05) is 10.0 Å². The first-order valence-electron chi connectivity index (χ1n) is 7.47. The largest absolute Gasteiger partial charge is 0.361 e. The molecule has 0 fully saturated rings. The van der Waals surface area contributed by atoms with Crippen LogP contribution in [0.5, 0.6) is 0 Å². The maximum atomic E-state index is 13.7. The van der Waals surface area contributed by atoms with Gasteiger partial charge in [0, 0.05) is 11.8 Å². The molecule has 0 aliphatic rings. The Balaban J connectivity index is 1.82. The molecule has 3 rings (SSSR count). The third-order valence-corrected chi connectivity index (χ3v) is 4.74. The van der Waals surface area contributed by atoms with Gasteiger partial charge in [0.1, 0.15) is 11.6 Å². The fraction of sp³-hybridized carbons (Fsp3) is 0.0588. The standard InChI is InChI=1S/C17H14FN3O4S/c1-11-9-16(20-25-11)17(22)19-12-5-4-6-13(10-12)26(23,24)21-15-8-3-2-7-14(15)18/h2-10,21H,1H3,(H,19,22). The van der Waals surface area contributed by atoms with Crippen molar-refractivity contribution in [3.63, 3.8) is 0 Å². The zero-order valence-electron chi connectivity index (χ0n) is 13.6. The second-order valence-electron chi connectivity index (χ2n) is 5.39. The monoisotopic (exact) mass is 375 g/mol. The molecule has 7 nitrogen and oxygen atoms in total. The molecule has 3 aromatic rings. The Morgan fingerprint density at radius 3 is 2.58 bits per heavy atom. The van der Waals surface area contributed by atoms with Crippen molar-refractivity contribution in [2.45, 2.75) is 11.8 Å². The van der Waals surface area contributed by atoms with Crippen LogP contribution in [0.4, 0.5) is 15.8 Å². The Morgan fingerprint density at radius 1 is 1.12 bits per heavy atom. The van der Waals surface area contributed by atoms with Crippen LogP contribution in [0.1, 0.15) is 16.2 Å². The predicted octanol–water partition coefficient (Wildman–Crippen LogP) is 3.18. The first kappa shape index (κ1) is 17.6. The molecule has 0 saturated heterocycles. The second kappa shape index (κ2) is 6.96. The third kappa shape index (κ3) is 3.89. The highest BCUT2D eigenvalue weighted by Gasteiger charge is 2.18. The molecular formula is C17H14FN3O4S. The molecule has 26 heavy (non-hydrogen) atoms. The number of nitrogens with one attached hydrogen (secondary N) is 2. The molecule has 0 bridgehead atoms. The quantitative estimate of drug-likeness (QED) is 0.713. The van der Waals surface area contributed by atoms with E-state index in [4.69, 9.17) is 4.52 Å². The van der Waals surface area contributed by atoms with E-state index in [-0.39, 0.29) is 22.0 Å². The van der Waals surface area contributed by atoms with E-state index >= 15 is 0 Å². The first-order valence-corrected chi connectivity index (χ1v) is 8.95. The number of carbonyl (C=O) groups is 1. The number of amides is 1. The zero-order valence-corrected chi connectivity index (χ0v) is 14.4. The summed E-state index contributed by atoms with van der Waals surface area (Å²) >= 11 is 0. The van der Waals surface area contributed by atoms with Crippen LogP contribution < -0.4 is 10.0 Å². The first-order chi connectivity index (χ1) is 12.3. The van der Waals surface area contributed by atoms with E-state index in [2.05, 4.69) is 15.2 Å². The Kier molecular flexibility index (Phi) is 4.72. The summed E-state index contributed by atoms with van der Waals surface area (Å²) in [7, 11) is -4.03. The van der Waals surface area contributed by atoms with Gasteiger partial charge in [0.25, 0.3) is 15.9 Å². The van der Waals surface area contributed by atoms with Crippen LogP contribution in [0.3, 0.4) is 0 Å². The van der Waals surface area contributed by atoms with Crippen molar-refractivity contribution in [3.05, 3.63) is 71.9 Å². The van der Waals surface area contributed by atoms with Crippen LogP contribution in [0.2, 0.25) is 0 Å². The predicted molar refractivity (Wildman–Crippen MR) is 92.8 cm³/mol. The average Bonchev–Trinajstić information content (AvgIpc) is 3.04. The van der Waals surface area contributed by atoms with Gasteiger partial charge in [-0.3, -0.25) is 9.52 Å². The number of hydrogen-bond donors (Lipinski definition) is 2. The molecule has 2 N–H and O–H groups in total. The number of rotatable bonds is 5. The van der Waals surface area contributed by atoms with Crippen molar-refractivity contribution in [1.82, 2.24) is 5.16 Å². The van der Waals surface area contributed by atoms with Crippen molar-refractivity contribution in [3.8, 4) is 0 Å². The summed E-state index contributed by atoms with van der Waals surface area (Å²) < 4.78 is 45.6. The topological polar surface area (TPSA) is 101 Å². The number of hydrogen-bond acceptors (Lipinski definition) is 5. The molecule has 0 aliphatic heterocycles. The van der Waals surface area contributed by atoms with Gasteiger partial charge in [-0.05, 0) is 37.3 Å². The van der Waals surface area contributed by atoms with Gasteiger partial charge in [-0.1, -0.05) is 23.4 Å². The molecule has 134 valence electrons. The zero-order chi connectivity index (χ0) is 18.7. The van der Waals surface area contributed by atoms with Crippen LogP contribution in [-0.4, -0.2) is 19.5 Å². The number of halogens is 1. The van der Waals surface area contributed by atoms with E-state index in [0.717, 1.165) is 6.07 Å². The van der Waals surface area contributed by atoms with Gasteiger partial charge in [-0.25, -0.2) is 12.8 Å². The summed E-state index contributed by atoms with van der Waals surface area (Å²) in [6, 6.07) is 12.4. The van der Waals surface area contributed by atoms with Gasteiger partial charge in [0.15, 0.2) is 5.69 Å². The molecule has 2 aromatic carbocycles. The minimum absolute atomic E-state index is 0.0697. The molecule has 1 heterocycles. The van der Waals surface area contributed by atoms with Crippen molar-refractivity contribution in [2.24, 2.45) is 0 Å². The van der Waals surface area contributed by atoms with Crippen LogP contribution in [0.15, 0.2) is 64.0 Å². The highest BCUT2D eigenvalue weighted by Crippen LogP contribution is 2.21. The van der Waals surface area contributed by atoms with E-state index in [0.29, 0.717) is 5.76 Å². The maximum Gasteiger partial charge on any atom is 0.277 e. The lowest BCUT2D eigenvalue weighted by molar-refractivity contribution is 0.101. The van der Waals surface area contributed by atoms with E-state index in [1.165, 1.54) is 48.5 Å². The van der Waals surface area contributed by atoms with E-state index in [1.54, 1.807) is 6.92 Å². The van der Waals surface area contributed by atoms with Gasteiger partial charge < -0.3 is 9.84 Å². The lowest BCUT2D eigenvalue weighted by Gasteiger charge is -2.10. The third-order valence-electron chi connectivity index (χ3n) is 3.38. The summed E-state index contributed by atoms with van der Waals surface area (Å²) in [4.78, 5) is 11.9. The van der Waals surface area contributed by atoms with Crippen LogP contribution in [0, 0.1) is 12.7 Å². The highest BCUT2D eigenvalue weighted by molar-refractivity contribution is 7.92. The van der Waals surface area contributed by atoms with E-state index in [1.807, 2.05) is 0 Å². The fourth-order valence-corrected chi connectivity index (χ4v) is 3.27. The summed E-state index contributed by atoms with van der Waals surface area (Å²) in [5, 5.41) is 6.12. The van der Waals surface area contributed by atoms with Crippen LogP contribution >= 0.6 is 0 Å². The maximum absolute atomic E-state index is 13.7. The molecule has 0 aliphatic carbocycles. The molecule has 0 unspecified atom stereocenters. The van der Waals surface area contributed by atoms with Gasteiger partial charge in [-0.2, -0.15) is 0 Å². The van der Waals surface area contributed by atoms with Crippen LogP contribution in [0.25, 0.3) is 0 Å².